The number of hydrazone groups is 1. The van der Waals surface area contributed by atoms with E-state index in [1.807, 2.05) is 4.72 Å². The summed E-state index contributed by atoms with van der Waals surface area (Å²) in [6.45, 7) is 0. The fourth-order valence-corrected chi connectivity index (χ4v) is 4.59. The summed E-state index contributed by atoms with van der Waals surface area (Å²) in [4.78, 5) is 12.2. The molecule has 11 heteroatoms. The Morgan fingerprint density at radius 1 is 1.00 bits per heavy atom. The van der Waals surface area contributed by atoms with Gasteiger partial charge >= 0.3 is 6.18 Å². The van der Waals surface area contributed by atoms with Gasteiger partial charge in [-0.15, -0.1) is 0 Å². The average molecular weight is 504 g/mol. The maximum atomic E-state index is 13.4. The van der Waals surface area contributed by atoms with Crippen molar-refractivity contribution in [3.05, 3.63) is 90.0 Å². The summed E-state index contributed by atoms with van der Waals surface area (Å²) in [5.74, 6) is -0.327. The van der Waals surface area contributed by atoms with E-state index in [2.05, 4.69) is 5.10 Å². The highest BCUT2D eigenvalue weighted by Gasteiger charge is 2.43. The van der Waals surface area contributed by atoms with Crippen molar-refractivity contribution in [3.8, 4) is 5.75 Å². The molecular formula is C24H20F3N3O4S. The molecule has 1 atom stereocenters. The van der Waals surface area contributed by atoms with Crippen LogP contribution in [0.25, 0.3) is 0 Å². The number of anilines is 1. The van der Waals surface area contributed by atoms with Gasteiger partial charge in [-0.05, 0) is 54.1 Å². The molecule has 0 radical (unpaired) electrons. The second-order valence-electron chi connectivity index (χ2n) is 7.68. The molecule has 1 aliphatic rings. The average Bonchev–Trinajstić information content (AvgIpc) is 3.31. The molecule has 1 unspecified atom stereocenters. The third-order valence-corrected chi connectivity index (χ3v) is 6.76. The molecule has 0 spiro atoms. The molecule has 0 saturated heterocycles. The number of carbonyl (C=O) groups excluding carboxylic acids is 1. The molecule has 0 fully saturated rings. The zero-order valence-electron chi connectivity index (χ0n) is 18.4. The first-order valence-corrected chi connectivity index (χ1v) is 11.9. The minimum atomic E-state index is -4.59. The predicted molar refractivity (Wildman–Crippen MR) is 124 cm³/mol. The molecule has 7 nitrogen and oxygen atoms in total. The Labute approximate surface area is 199 Å². The molecule has 3 aromatic carbocycles. The van der Waals surface area contributed by atoms with E-state index < -0.39 is 33.9 Å². The Morgan fingerprint density at radius 2 is 1.63 bits per heavy atom. The lowest BCUT2D eigenvalue weighted by Gasteiger charge is -2.24. The van der Waals surface area contributed by atoms with Crippen LogP contribution in [0.2, 0.25) is 0 Å². The fraction of sp³-hybridized carbons (Fsp3) is 0.167. The summed E-state index contributed by atoms with van der Waals surface area (Å²) >= 11 is 0. The van der Waals surface area contributed by atoms with Crippen LogP contribution < -0.4 is 14.5 Å². The summed E-state index contributed by atoms with van der Waals surface area (Å²) < 4.78 is 72.5. The van der Waals surface area contributed by atoms with E-state index >= 15 is 0 Å². The third kappa shape index (κ3) is 5.29. The maximum absolute atomic E-state index is 13.4. The quantitative estimate of drug-likeness (QED) is 0.528. The van der Waals surface area contributed by atoms with E-state index in [1.165, 1.54) is 60.6 Å². The van der Waals surface area contributed by atoms with Crippen LogP contribution in [0.3, 0.4) is 0 Å². The van der Waals surface area contributed by atoms with Gasteiger partial charge in [0.2, 0.25) is 0 Å². The highest BCUT2D eigenvalue weighted by atomic mass is 32.2. The number of sulfonamides is 1. The third-order valence-electron chi connectivity index (χ3n) is 5.41. The van der Waals surface area contributed by atoms with Gasteiger partial charge in [-0.1, -0.05) is 30.3 Å². The molecule has 182 valence electrons. The largest absolute Gasteiger partial charge is 0.497 e. The first kappa shape index (κ1) is 24.3. The van der Waals surface area contributed by atoms with Gasteiger partial charge in [0.1, 0.15) is 11.5 Å². The highest BCUT2D eigenvalue weighted by Crippen LogP contribution is 2.39. The first-order chi connectivity index (χ1) is 16.6. The number of ether oxygens (including phenoxy) is 1. The van der Waals surface area contributed by atoms with Crippen molar-refractivity contribution in [3.63, 3.8) is 0 Å². The van der Waals surface area contributed by atoms with Gasteiger partial charge in [-0.25, -0.2) is 13.1 Å². The van der Waals surface area contributed by atoms with E-state index in [0.29, 0.717) is 11.3 Å². The van der Waals surface area contributed by atoms with Gasteiger partial charge in [-0.2, -0.15) is 18.3 Å². The number of halogens is 3. The van der Waals surface area contributed by atoms with Gasteiger partial charge in [-0.3, -0.25) is 9.80 Å². The van der Waals surface area contributed by atoms with E-state index in [4.69, 9.17) is 4.74 Å². The number of amides is 1. The SMILES string of the molecule is COc1ccc(C(=O)NS(=O)(=O)c2ccc(N3N=C(C(F)(F)F)CC3c3ccccc3)cc2)cc1. The van der Waals surface area contributed by atoms with Crippen LogP contribution in [0.5, 0.6) is 5.75 Å². The zero-order chi connectivity index (χ0) is 25.2. The number of nitrogens with zero attached hydrogens (tertiary/aromatic N) is 2. The molecule has 0 aromatic heterocycles. The van der Waals surface area contributed by atoms with Gasteiger partial charge in [0, 0.05) is 12.0 Å². The summed E-state index contributed by atoms with van der Waals surface area (Å²) in [7, 11) is -2.77. The molecule has 4 rings (SSSR count). The van der Waals surface area contributed by atoms with E-state index in [9.17, 15) is 26.4 Å². The molecule has 1 N–H and O–H groups in total. The van der Waals surface area contributed by atoms with Gasteiger partial charge < -0.3 is 4.74 Å². The number of hydrogen-bond acceptors (Lipinski definition) is 6. The molecule has 35 heavy (non-hydrogen) atoms. The summed E-state index contributed by atoms with van der Waals surface area (Å²) in [5, 5.41) is 5.00. The van der Waals surface area contributed by atoms with E-state index in [0.717, 1.165) is 0 Å². The maximum Gasteiger partial charge on any atom is 0.431 e. The number of carbonyl (C=O) groups is 1. The van der Waals surface area contributed by atoms with Gasteiger partial charge in [0.25, 0.3) is 15.9 Å². The number of alkyl halides is 3. The summed E-state index contributed by atoms with van der Waals surface area (Å²) in [6.07, 6.45) is -4.93. The van der Waals surface area contributed by atoms with Crippen LogP contribution in [-0.2, 0) is 10.0 Å². The molecule has 0 saturated carbocycles. The number of benzene rings is 3. The number of nitrogens with one attached hydrogen (secondary N) is 1. The van der Waals surface area contributed by atoms with Crippen molar-refractivity contribution in [2.24, 2.45) is 5.10 Å². The molecular weight excluding hydrogens is 483 g/mol. The minimum absolute atomic E-state index is 0.114. The van der Waals surface area contributed by atoms with E-state index in [-0.39, 0.29) is 22.6 Å². The monoisotopic (exact) mass is 503 g/mol. The van der Waals surface area contributed by atoms with Crippen molar-refractivity contribution >= 4 is 27.3 Å². The van der Waals surface area contributed by atoms with Crippen LogP contribution in [0.15, 0.2) is 88.9 Å². The lowest BCUT2D eigenvalue weighted by atomic mass is 10.0. The summed E-state index contributed by atoms with van der Waals surface area (Å²) in [6, 6.07) is 18.9. The number of hydrogen-bond donors (Lipinski definition) is 1. The molecule has 1 heterocycles. The molecule has 1 aliphatic heterocycles. The van der Waals surface area contributed by atoms with Gasteiger partial charge in [0.15, 0.2) is 0 Å². The highest BCUT2D eigenvalue weighted by molar-refractivity contribution is 7.90. The molecule has 3 aromatic rings. The van der Waals surface area contributed by atoms with Crippen molar-refractivity contribution in [2.45, 2.75) is 23.5 Å². The first-order valence-electron chi connectivity index (χ1n) is 10.4. The Hall–Kier alpha value is -3.86. The van der Waals surface area contributed by atoms with Crippen LogP contribution in [-0.4, -0.2) is 33.3 Å². The zero-order valence-corrected chi connectivity index (χ0v) is 19.2. The van der Waals surface area contributed by atoms with Crippen LogP contribution in [0, 0.1) is 0 Å². The number of rotatable bonds is 6. The number of methoxy groups -OCH3 is 1. The Balaban J connectivity index is 1.57. The Bertz CT molecular complexity index is 1340. The van der Waals surface area contributed by atoms with Crippen LogP contribution >= 0.6 is 0 Å². The second kappa shape index (κ2) is 9.41. The Kier molecular flexibility index (Phi) is 6.53. The van der Waals surface area contributed by atoms with Crippen molar-refractivity contribution in [2.75, 3.05) is 12.1 Å². The van der Waals surface area contributed by atoms with Crippen molar-refractivity contribution in [1.29, 1.82) is 0 Å². The molecule has 0 aliphatic carbocycles. The lowest BCUT2D eigenvalue weighted by Crippen LogP contribution is -2.30. The Morgan fingerprint density at radius 3 is 2.20 bits per heavy atom. The normalized spacial score (nSPS) is 16.1. The van der Waals surface area contributed by atoms with Crippen LogP contribution in [0.1, 0.15) is 28.4 Å². The predicted octanol–water partition coefficient (Wildman–Crippen LogP) is 4.68. The minimum Gasteiger partial charge on any atom is -0.497 e. The molecule has 1 amide bonds. The van der Waals surface area contributed by atoms with Crippen molar-refractivity contribution in [1.82, 2.24) is 4.72 Å². The van der Waals surface area contributed by atoms with Gasteiger partial charge in [0.05, 0.1) is 23.7 Å². The second-order valence-corrected chi connectivity index (χ2v) is 9.36. The fourth-order valence-electron chi connectivity index (χ4n) is 3.61. The summed E-state index contributed by atoms with van der Waals surface area (Å²) in [5.41, 5.74) is 0.107. The standard InChI is InChI=1S/C24H20F3N3O4S/c1-34-19-11-7-17(8-12-19)23(31)29-35(32,33)20-13-9-18(10-14-20)30-21(16-5-3-2-4-6-16)15-22(28-30)24(25,26)27/h2-14,21H,15H2,1H3,(H,29,31). The molecule has 0 bridgehead atoms. The smallest absolute Gasteiger partial charge is 0.431 e. The van der Waals surface area contributed by atoms with Crippen LogP contribution in [0.4, 0.5) is 18.9 Å². The van der Waals surface area contributed by atoms with Crippen molar-refractivity contribution < 1.29 is 31.1 Å². The topological polar surface area (TPSA) is 88.1 Å². The lowest BCUT2D eigenvalue weighted by molar-refractivity contribution is -0.0600. The van der Waals surface area contributed by atoms with E-state index in [1.54, 1.807) is 30.3 Å².